The molecule has 1 heterocycles. The van der Waals surface area contributed by atoms with Gasteiger partial charge in [0.15, 0.2) is 11.9 Å². The van der Waals surface area contributed by atoms with E-state index in [1.807, 2.05) is 6.92 Å². The maximum absolute atomic E-state index is 10.2. The summed E-state index contributed by atoms with van der Waals surface area (Å²) >= 11 is 0. The number of H-pyrrole nitrogens is 1. The number of hydrogen-bond acceptors (Lipinski definition) is 2. The molecule has 0 atom stereocenters. The second-order valence-corrected chi connectivity index (χ2v) is 2.05. The Kier molecular flexibility index (Phi) is 3.74. The molecule has 1 aromatic heterocycles. The van der Waals surface area contributed by atoms with Crippen molar-refractivity contribution < 1.29 is 31.9 Å². The zero-order valence-corrected chi connectivity index (χ0v) is 7.51. The predicted molar refractivity (Wildman–Crippen MR) is 32.1 cm³/mol. The minimum Gasteiger partial charge on any atom is -1.00 e. The number of aromatic carboxylic acids is 1. The number of aryl methyl sites for hydroxylation is 1. The molecule has 0 aliphatic carbocycles. The van der Waals surface area contributed by atoms with Crippen LogP contribution in [0, 0.1) is 6.92 Å². The van der Waals surface area contributed by atoms with E-state index in [0.717, 1.165) is 5.69 Å². The molecule has 4 heteroatoms. The van der Waals surface area contributed by atoms with Gasteiger partial charge in [0.05, 0.1) is 11.5 Å². The number of hydrogen-bond donors (Lipinski definition) is 0. The Balaban J connectivity index is 0.000001000. The van der Waals surface area contributed by atoms with Gasteiger partial charge in [0.1, 0.15) is 0 Å². The van der Waals surface area contributed by atoms with Gasteiger partial charge in [-0.25, -0.2) is 4.98 Å². The molecule has 11 heavy (non-hydrogen) atoms. The van der Waals surface area contributed by atoms with Gasteiger partial charge in [-0.15, -0.1) is 0 Å². The number of carboxylic acids is 1. The van der Waals surface area contributed by atoms with Crippen molar-refractivity contribution in [3.8, 4) is 0 Å². The lowest BCUT2D eigenvalue weighted by Crippen LogP contribution is -3.00. The van der Waals surface area contributed by atoms with Crippen LogP contribution >= 0.6 is 0 Å². The largest absolute Gasteiger partial charge is 1.00 e. The van der Waals surface area contributed by atoms with E-state index in [1.165, 1.54) is 12.3 Å². The summed E-state index contributed by atoms with van der Waals surface area (Å²) in [5.41, 5.74) is 1.09. The summed E-state index contributed by atoms with van der Waals surface area (Å²) in [7, 11) is 0. The van der Waals surface area contributed by atoms with E-state index in [4.69, 9.17) is 0 Å². The number of aromatic amines is 1. The second kappa shape index (κ2) is 4.08. The highest BCUT2D eigenvalue weighted by atomic mass is 79.9. The first-order valence-corrected chi connectivity index (χ1v) is 2.90. The van der Waals surface area contributed by atoms with Gasteiger partial charge in [-0.2, -0.15) is 0 Å². The van der Waals surface area contributed by atoms with Crippen LogP contribution in [0.2, 0.25) is 0 Å². The molecule has 0 saturated carbocycles. The quantitative estimate of drug-likeness (QED) is 0.484. The Morgan fingerprint density at radius 3 is 2.55 bits per heavy atom. The number of carbonyl (C=O) groups excluding carboxylic acids is 1. The van der Waals surface area contributed by atoms with Crippen molar-refractivity contribution in [3.63, 3.8) is 0 Å². The Morgan fingerprint density at radius 2 is 2.18 bits per heavy atom. The fraction of sp³-hybridized carbons (Fsp3) is 0.143. The van der Waals surface area contributed by atoms with Crippen LogP contribution in [0.4, 0.5) is 0 Å². The highest BCUT2D eigenvalue weighted by Crippen LogP contribution is 1.92. The predicted octanol–water partition coefficient (Wildman–Crippen LogP) is -3.82. The monoisotopic (exact) mass is 216 g/mol. The summed E-state index contributed by atoms with van der Waals surface area (Å²) in [5, 5.41) is 10.2. The maximum Gasteiger partial charge on any atom is 0.176 e. The molecule has 0 saturated heterocycles. The number of aromatic nitrogens is 1. The van der Waals surface area contributed by atoms with Crippen LogP contribution in [0.1, 0.15) is 16.1 Å². The van der Waals surface area contributed by atoms with Crippen LogP contribution < -0.4 is 27.1 Å². The number of carbonyl (C=O) groups is 1. The zero-order valence-electron chi connectivity index (χ0n) is 5.93. The Labute approximate surface area is 74.8 Å². The zero-order chi connectivity index (χ0) is 7.56. The van der Waals surface area contributed by atoms with Gasteiger partial charge < -0.3 is 26.9 Å². The van der Waals surface area contributed by atoms with E-state index < -0.39 is 5.97 Å². The molecule has 0 radical (unpaired) electrons. The first kappa shape index (κ1) is 10.1. The van der Waals surface area contributed by atoms with Gasteiger partial charge in [-0.3, -0.25) is 0 Å². The van der Waals surface area contributed by atoms with Gasteiger partial charge in [0.2, 0.25) is 0 Å². The molecule has 1 aromatic rings. The molecule has 0 amide bonds. The van der Waals surface area contributed by atoms with Crippen LogP contribution in [0.25, 0.3) is 0 Å². The average molecular weight is 217 g/mol. The normalized spacial score (nSPS) is 8.45. The average Bonchev–Trinajstić information content (AvgIpc) is 1.88. The van der Waals surface area contributed by atoms with E-state index in [1.54, 1.807) is 6.07 Å². The van der Waals surface area contributed by atoms with E-state index in [-0.39, 0.29) is 22.5 Å². The molecule has 0 spiro atoms. The molecule has 0 aliphatic rings. The third-order valence-electron chi connectivity index (χ3n) is 1.20. The Morgan fingerprint density at radius 1 is 1.55 bits per heavy atom. The second-order valence-electron chi connectivity index (χ2n) is 2.05. The van der Waals surface area contributed by atoms with Crippen molar-refractivity contribution in [3.05, 3.63) is 29.6 Å². The molecule has 60 valence electrons. The summed E-state index contributed by atoms with van der Waals surface area (Å²) in [6.45, 7) is 1.85. The van der Waals surface area contributed by atoms with E-state index in [2.05, 4.69) is 4.98 Å². The fourth-order valence-corrected chi connectivity index (χ4v) is 0.630. The van der Waals surface area contributed by atoms with E-state index in [0.29, 0.717) is 0 Å². The number of rotatable bonds is 1. The van der Waals surface area contributed by atoms with Gasteiger partial charge >= 0.3 is 0 Å². The van der Waals surface area contributed by atoms with Gasteiger partial charge in [0, 0.05) is 13.0 Å². The molecule has 1 rings (SSSR count). The first-order chi connectivity index (χ1) is 4.70. The topological polar surface area (TPSA) is 54.3 Å². The van der Waals surface area contributed by atoms with Crippen molar-refractivity contribution in [1.29, 1.82) is 0 Å². The van der Waals surface area contributed by atoms with Gasteiger partial charge in [-0.1, -0.05) is 0 Å². The van der Waals surface area contributed by atoms with Crippen molar-refractivity contribution in [1.82, 2.24) is 0 Å². The SMILES string of the molecule is Cc1ccc(C(=O)[O-])c[nH+]1.[Br-]. The third kappa shape index (κ3) is 2.67. The minimum atomic E-state index is -1.16. The first-order valence-electron chi connectivity index (χ1n) is 2.90. The standard InChI is InChI=1S/C7H7NO2.BrH/c1-5-2-3-6(4-8-5)7(9)10;/h2-4H,1H3,(H,9,10);1H/p-1. The van der Waals surface area contributed by atoms with Crippen molar-refractivity contribution in [2.45, 2.75) is 6.92 Å². The smallest absolute Gasteiger partial charge is 0.176 e. The molecule has 1 N–H and O–H groups in total. The molecule has 0 aliphatic heterocycles. The summed E-state index contributed by atoms with van der Waals surface area (Å²) in [6.07, 6.45) is 1.41. The summed E-state index contributed by atoms with van der Waals surface area (Å²) in [4.78, 5) is 12.9. The summed E-state index contributed by atoms with van der Waals surface area (Å²) in [6, 6.07) is 3.19. The van der Waals surface area contributed by atoms with Crippen LogP contribution in [0.3, 0.4) is 0 Å². The highest BCUT2D eigenvalue weighted by Gasteiger charge is 1.96. The Bertz CT molecular complexity index is 245. The highest BCUT2D eigenvalue weighted by molar-refractivity contribution is 5.84. The van der Waals surface area contributed by atoms with Crippen LogP contribution in [-0.4, -0.2) is 5.97 Å². The lowest BCUT2D eigenvalue weighted by molar-refractivity contribution is -0.388. The molecule has 0 bridgehead atoms. The van der Waals surface area contributed by atoms with Crippen molar-refractivity contribution >= 4 is 5.97 Å². The van der Waals surface area contributed by atoms with Gasteiger partial charge in [-0.05, 0) is 6.07 Å². The molecule has 3 nitrogen and oxygen atoms in total. The maximum atomic E-state index is 10.2. The van der Waals surface area contributed by atoms with E-state index in [9.17, 15) is 9.90 Å². The van der Waals surface area contributed by atoms with Crippen LogP contribution in [-0.2, 0) is 0 Å². The van der Waals surface area contributed by atoms with Crippen LogP contribution in [0.15, 0.2) is 18.3 Å². The van der Waals surface area contributed by atoms with Crippen molar-refractivity contribution in [2.24, 2.45) is 0 Å². The number of pyridine rings is 1. The number of halogens is 1. The van der Waals surface area contributed by atoms with E-state index >= 15 is 0 Å². The summed E-state index contributed by atoms with van der Waals surface area (Å²) in [5.74, 6) is -1.16. The minimum absolute atomic E-state index is 0. The third-order valence-corrected chi connectivity index (χ3v) is 1.20. The molecule has 0 unspecified atom stereocenters. The fourth-order valence-electron chi connectivity index (χ4n) is 0.630. The lowest BCUT2D eigenvalue weighted by atomic mass is 10.3. The molecular formula is C7H7BrNO2-. The van der Waals surface area contributed by atoms with Crippen LogP contribution in [0.5, 0.6) is 0 Å². The lowest BCUT2D eigenvalue weighted by Gasteiger charge is -1.95. The molecule has 0 fully saturated rings. The Hall–Kier alpha value is -0.900. The molecular weight excluding hydrogens is 210 g/mol. The number of carboxylic acid groups (broad SMARTS) is 1. The van der Waals surface area contributed by atoms with Gasteiger partial charge in [0.25, 0.3) is 0 Å². The number of nitrogens with one attached hydrogen (secondary N) is 1. The van der Waals surface area contributed by atoms with Crippen molar-refractivity contribution in [2.75, 3.05) is 0 Å². The summed E-state index contributed by atoms with van der Waals surface area (Å²) < 4.78 is 0. The molecule has 0 aromatic carbocycles.